The lowest BCUT2D eigenvalue weighted by molar-refractivity contribution is 0.0114. The van der Waals surface area contributed by atoms with Gasteiger partial charge in [-0.25, -0.2) is 13.8 Å². The minimum Gasteiger partial charge on any atom is -0.385 e. The lowest BCUT2D eigenvalue weighted by atomic mass is 9.84. The van der Waals surface area contributed by atoms with Crippen LogP contribution in [-0.4, -0.2) is 38.9 Å². The summed E-state index contributed by atoms with van der Waals surface area (Å²) in [6.07, 6.45) is 2.41. The van der Waals surface area contributed by atoms with Gasteiger partial charge in [-0.05, 0) is 37.5 Å². The number of aryl methyl sites for hydroxylation is 2. The van der Waals surface area contributed by atoms with Crippen LogP contribution in [0.15, 0.2) is 24.4 Å². The number of halogens is 2. The van der Waals surface area contributed by atoms with E-state index in [0.717, 1.165) is 23.4 Å². The first-order chi connectivity index (χ1) is 14.2. The lowest BCUT2D eigenvalue weighted by Gasteiger charge is -2.38. The zero-order valence-corrected chi connectivity index (χ0v) is 17.3. The van der Waals surface area contributed by atoms with Crippen LogP contribution in [0.25, 0.3) is 11.3 Å². The topological polar surface area (TPSA) is 97.3 Å². The monoisotopic (exact) mass is 433 g/mol. The van der Waals surface area contributed by atoms with Crippen LogP contribution in [0.1, 0.15) is 33.8 Å². The fourth-order valence-electron chi connectivity index (χ4n) is 3.77. The number of hydrogen-bond acceptors (Lipinski definition) is 6. The number of thiazole rings is 1. The first-order valence-corrected chi connectivity index (χ1v) is 10.2. The Bertz CT molecular complexity index is 1120. The van der Waals surface area contributed by atoms with Crippen molar-refractivity contribution >= 4 is 22.4 Å². The molecule has 3 heterocycles. The smallest absolute Gasteiger partial charge is 0.261 e. The molecule has 1 fully saturated rings. The number of carbonyl (C=O) groups excluding carboxylic acids is 1. The summed E-state index contributed by atoms with van der Waals surface area (Å²) in [5, 5.41) is 15.9. The third-order valence-corrected chi connectivity index (χ3v) is 6.56. The molecule has 1 amide bonds. The van der Waals surface area contributed by atoms with E-state index in [1.165, 1.54) is 17.4 Å². The average Bonchev–Trinajstić information content (AvgIpc) is 3.27. The van der Waals surface area contributed by atoms with Crippen molar-refractivity contribution in [2.24, 2.45) is 12.8 Å². The Morgan fingerprint density at radius 1 is 1.27 bits per heavy atom. The summed E-state index contributed by atoms with van der Waals surface area (Å²) < 4.78 is 28.5. The second-order valence-corrected chi connectivity index (χ2v) is 8.47. The van der Waals surface area contributed by atoms with E-state index in [1.807, 2.05) is 11.8 Å². The maximum atomic E-state index is 13.6. The Hall–Kier alpha value is -2.85. The van der Waals surface area contributed by atoms with Gasteiger partial charge in [-0.15, -0.1) is 0 Å². The fraction of sp³-hybridized carbons (Fsp3) is 0.350. The van der Waals surface area contributed by atoms with E-state index < -0.39 is 23.1 Å². The summed E-state index contributed by atoms with van der Waals surface area (Å²) in [5.74, 6) is -2.49. The molecule has 4 rings (SSSR count). The molecule has 0 radical (unpaired) electrons. The molecule has 158 valence electrons. The Balaban J connectivity index is 1.59. The first-order valence-electron chi connectivity index (χ1n) is 9.42. The minimum absolute atomic E-state index is 0.310. The molecule has 0 saturated carbocycles. The van der Waals surface area contributed by atoms with Gasteiger partial charge in [-0.3, -0.25) is 9.48 Å². The van der Waals surface area contributed by atoms with Crippen LogP contribution in [-0.2, 0) is 12.6 Å². The van der Waals surface area contributed by atoms with Crippen LogP contribution >= 0.6 is 11.3 Å². The number of anilines is 1. The maximum Gasteiger partial charge on any atom is 0.261 e. The van der Waals surface area contributed by atoms with E-state index in [9.17, 15) is 18.7 Å². The van der Waals surface area contributed by atoms with E-state index in [0.29, 0.717) is 47.2 Å². The molecule has 1 aliphatic rings. The molecule has 30 heavy (non-hydrogen) atoms. The predicted molar refractivity (Wildman–Crippen MR) is 109 cm³/mol. The number of aliphatic hydroxyl groups is 1. The Morgan fingerprint density at radius 2 is 1.97 bits per heavy atom. The van der Waals surface area contributed by atoms with Crippen molar-refractivity contribution in [2.45, 2.75) is 25.4 Å². The number of benzene rings is 1. The van der Waals surface area contributed by atoms with Crippen LogP contribution < -0.4 is 10.6 Å². The Labute approximate surface area is 175 Å². The second kappa shape index (κ2) is 7.44. The lowest BCUT2D eigenvalue weighted by Crippen LogP contribution is -2.42. The molecule has 10 heteroatoms. The number of aromatic nitrogens is 3. The van der Waals surface area contributed by atoms with Crippen molar-refractivity contribution in [3.63, 3.8) is 0 Å². The fourth-order valence-corrected chi connectivity index (χ4v) is 4.75. The molecule has 2 aromatic heterocycles. The Morgan fingerprint density at radius 3 is 2.53 bits per heavy atom. The highest BCUT2D eigenvalue weighted by molar-refractivity contribution is 7.18. The normalized spacial score (nSPS) is 16.1. The van der Waals surface area contributed by atoms with Gasteiger partial charge in [0.1, 0.15) is 4.88 Å². The molecular weight excluding hydrogens is 412 g/mol. The Kier molecular flexibility index (Phi) is 5.07. The first kappa shape index (κ1) is 20.4. The van der Waals surface area contributed by atoms with E-state index in [4.69, 9.17) is 5.73 Å². The third kappa shape index (κ3) is 3.56. The van der Waals surface area contributed by atoms with Crippen molar-refractivity contribution in [3.8, 4) is 11.3 Å². The number of piperidine rings is 1. The van der Waals surface area contributed by atoms with Crippen LogP contribution in [0.3, 0.4) is 0 Å². The van der Waals surface area contributed by atoms with Crippen LogP contribution in [0.4, 0.5) is 13.9 Å². The van der Waals surface area contributed by atoms with Gasteiger partial charge in [0.25, 0.3) is 5.91 Å². The zero-order valence-electron chi connectivity index (χ0n) is 16.5. The zero-order chi connectivity index (χ0) is 21.6. The number of amides is 1. The second-order valence-electron chi connectivity index (χ2n) is 7.49. The molecule has 1 aromatic carbocycles. The summed E-state index contributed by atoms with van der Waals surface area (Å²) in [4.78, 5) is 19.0. The van der Waals surface area contributed by atoms with Gasteiger partial charge in [-0.2, -0.15) is 5.10 Å². The molecule has 0 aliphatic carbocycles. The van der Waals surface area contributed by atoms with E-state index >= 15 is 0 Å². The third-order valence-electron chi connectivity index (χ3n) is 5.43. The molecule has 0 unspecified atom stereocenters. The standard InChI is InChI=1S/C20H21F2N5O2S/c1-11-13(10-26(2)25-11)16-17(18(23)28)30-19(24-16)27-7-5-20(29,6-8-27)12-3-4-14(21)15(22)9-12/h3-4,9-10,29H,5-8H2,1-2H3,(H2,23,28). The van der Waals surface area contributed by atoms with E-state index in [-0.39, 0.29) is 0 Å². The summed E-state index contributed by atoms with van der Waals surface area (Å²) in [7, 11) is 1.79. The van der Waals surface area contributed by atoms with Gasteiger partial charge in [0.05, 0.1) is 17.0 Å². The van der Waals surface area contributed by atoms with Gasteiger partial charge < -0.3 is 15.7 Å². The van der Waals surface area contributed by atoms with Crippen molar-refractivity contribution in [3.05, 3.63) is 52.2 Å². The van der Waals surface area contributed by atoms with Crippen LogP contribution in [0.5, 0.6) is 0 Å². The van der Waals surface area contributed by atoms with Crippen LogP contribution in [0.2, 0.25) is 0 Å². The maximum absolute atomic E-state index is 13.6. The van der Waals surface area contributed by atoms with Gasteiger partial charge in [0, 0.05) is 31.9 Å². The van der Waals surface area contributed by atoms with Gasteiger partial charge in [0.2, 0.25) is 0 Å². The summed E-state index contributed by atoms with van der Waals surface area (Å²) >= 11 is 1.20. The highest BCUT2D eigenvalue weighted by Gasteiger charge is 2.36. The van der Waals surface area contributed by atoms with Gasteiger partial charge in [-0.1, -0.05) is 17.4 Å². The van der Waals surface area contributed by atoms with Crippen LogP contribution in [0, 0.1) is 18.6 Å². The molecule has 1 saturated heterocycles. The molecular formula is C20H21F2N5O2S. The van der Waals surface area contributed by atoms with Gasteiger partial charge >= 0.3 is 0 Å². The molecule has 0 spiro atoms. The number of rotatable bonds is 4. The minimum atomic E-state index is -1.25. The largest absolute Gasteiger partial charge is 0.385 e. The SMILES string of the molecule is Cc1nn(C)cc1-c1nc(N2CCC(O)(c3ccc(F)c(F)c3)CC2)sc1C(N)=O. The molecule has 0 atom stereocenters. The van der Waals surface area contributed by atoms with E-state index in [1.54, 1.807) is 17.9 Å². The highest BCUT2D eigenvalue weighted by Crippen LogP contribution is 2.39. The average molecular weight is 433 g/mol. The predicted octanol–water partition coefficient (Wildman–Crippen LogP) is 2.72. The van der Waals surface area contributed by atoms with Gasteiger partial charge in [0.15, 0.2) is 16.8 Å². The molecule has 3 aromatic rings. The summed E-state index contributed by atoms with van der Waals surface area (Å²) in [6.45, 7) is 2.71. The summed E-state index contributed by atoms with van der Waals surface area (Å²) in [6, 6.07) is 3.48. The molecule has 1 aliphatic heterocycles. The van der Waals surface area contributed by atoms with E-state index in [2.05, 4.69) is 10.1 Å². The number of hydrogen-bond donors (Lipinski definition) is 2. The van der Waals surface area contributed by atoms with Crippen molar-refractivity contribution in [2.75, 3.05) is 18.0 Å². The highest BCUT2D eigenvalue weighted by atomic mass is 32.1. The number of nitrogens with two attached hydrogens (primary N) is 1. The molecule has 0 bridgehead atoms. The number of primary amides is 1. The molecule has 7 nitrogen and oxygen atoms in total. The van der Waals surface area contributed by atoms with Crippen molar-refractivity contribution in [1.82, 2.24) is 14.8 Å². The van der Waals surface area contributed by atoms with Crippen molar-refractivity contribution in [1.29, 1.82) is 0 Å². The summed E-state index contributed by atoms with van der Waals surface area (Å²) in [5.41, 5.74) is 6.65. The number of carbonyl (C=O) groups is 1. The number of nitrogens with zero attached hydrogens (tertiary/aromatic N) is 4. The van der Waals surface area contributed by atoms with Crippen molar-refractivity contribution < 1.29 is 18.7 Å². The quantitative estimate of drug-likeness (QED) is 0.659. The molecule has 3 N–H and O–H groups in total.